The molecule has 0 aliphatic heterocycles. The lowest BCUT2D eigenvalue weighted by atomic mass is 9.95. The first-order chi connectivity index (χ1) is 13.6. The largest absolute Gasteiger partial charge is 0.389 e. The molecule has 4 heteroatoms. The van der Waals surface area contributed by atoms with Crippen molar-refractivity contribution < 1.29 is 5.11 Å². The third-order valence-corrected chi connectivity index (χ3v) is 6.16. The van der Waals surface area contributed by atoms with Gasteiger partial charge in [0, 0.05) is 16.6 Å². The quantitative estimate of drug-likeness (QED) is 0.570. The zero-order valence-electron chi connectivity index (χ0n) is 16.7. The number of aryl methyl sites for hydroxylation is 3. The Morgan fingerprint density at radius 3 is 2.64 bits per heavy atom. The Kier molecular flexibility index (Phi) is 4.24. The molecule has 0 spiro atoms. The van der Waals surface area contributed by atoms with E-state index in [0.717, 1.165) is 29.7 Å². The molecule has 0 radical (unpaired) electrons. The first-order valence-corrected chi connectivity index (χ1v) is 10.3. The van der Waals surface area contributed by atoms with Crippen LogP contribution >= 0.6 is 0 Å². The van der Waals surface area contributed by atoms with E-state index in [1.54, 1.807) is 0 Å². The Hall–Kier alpha value is -2.59. The molecule has 0 fully saturated rings. The number of para-hydroxylation sites is 2. The monoisotopic (exact) mass is 373 g/mol. The molecule has 0 bridgehead atoms. The second-order valence-electron chi connectivity index (χ2n) is 8.18. The summed E-state index contributed by atoms with van der Waals surface area (Å²) in [6.07, 6.45) is 4.32. The van der Waals surface area contributed by atoms with E-state index in [9.17, 15) is 5.11 Å². The van der Waals surface area contributed by atoms with Crippen LogP contribution in [-0.2, 0) is 25.9 Å². The number of imidazole rings is 1. The summed E-state index contributed by atoms with van der Waals surface area (Å²) >= 11 is 0. The molecular weight excluding hydrogens is 346 g/mol. The highest BCUT2D eigenvalue weighted by atomic mass is 16.3. The second-order valence-corrected chi connectivity index (χ2v) is 8.18. The van der Waals surface area contributed by atoms with Crippen LogP contribution in [0.25, 0.3) is 21.9 Å². The summed E-state index contributed by atoms with van der Waals surface area (Å²) in [4.78, 5) is 4.64. The summed E-state index contributed by atoms with van der Waals surface area (Å²) in [6.45, 7) is 5.36. The number of aliphatic hydroxyl groups is 1. The van der Waals surface area contributed by atoms with Crippen LogP contribution in [0.5, 0.6) is 0 Å². The lowest BCUT2D eigenvalue weighted by Gasteiger charge is -2.20. The van der Waals surface area contributed by atoms with Gasteiger partial charge in [0.25, 0.3) is 0 Å². The number of aliphatic hydroxyl groups excluding tert-OH is 1. The Bertz CT molecular complexity index is 1170. The predicted molar refractivity (Wildman–Crippen MR) is 114 cm³/mol. The summed E-state index contributed by atoms with van der Waals surface area (Å²) in [5, 5.41) is 12.4. The van der Waals surface area contributed by atoms with E-state index in [4.69, 9.17) is 0 Å². The SMILES string of the molecule is Cc1ccc2c(c1)c1c(n2C[C@H](O)Cn2c(C)nc3ccccc32)CCCC1. The highest BCUT2D eigenvalue weighted by Gasteiger charge is 2.22. The van der Waals surface area contributed by atoms with Crippen molar-refractivity contribution in [2.24, 2.45) is 0 Å². The van der Waals surface area contributed by atoms with E-state index in [-0.39, 0.29) is 0 Å². The highest BCUT2D eigenvalue weighted by molar-refractivity contribution is 5.86. The molecule has 1 aliphatic rings. The van der Waals surface area contributed by atoms with Crippen LogP contribution in [0.3, 0.4) is 0 Å². The van der Waals surface area contributed by atoms with Gasteiger partial charge in [0.2, 0.25) is 0 Å². The number of nitrogens with zero attached hydrogens (tertiary/aromatic N) is 3. The van der Waals surface area contributed by atoms with Crippen molar-refractivity contribution in [2.75, 3.05) is 0 Å². The number of rotatable bonds is 4. The van der Waals surface area contributed by atoms with Gasteiger partial charge >= 0.3 is 0 Å². The Balaban J connectivity index is 1.50. The number of hydrogen-bond donors (Lipinski definition) is 1. The average Bonchev–Trinajstić information content (AvgIpc) is 3.17. The molecule has 144 valence electrons. The molecular formula is C24H27N3O. The topological polar surface area (TPSA) is 43.0 Å². The molecule has 2 aromatic carbocycles. The van der Waals surface area contributed by atoms with Crippen molar-refractivity contribution >= 4 is 21.9 Å². The average molecular weight is 374 g/mol. The van der Waals surface area contributed by atoms with Crippen LogP contribution in [0.2, 0.25) is 0 Å². The molecule has 1 N–H and O–H groups in total. The number of fused-ring (bicyclic) bond motifs is 4. The van der Waals surface area contributed by atoms with E-state index in [1.807, 2.05) is 25.1 Å². The van der Waals surface area contributed by atoms with E-state index < -0.39 is 6.10 Å². The van der Waals surface area contributed by atoms with Crippen molar-refractivity contribution in [1.82, 2.24) is 14.1 Å². The van der Waals surface area contributed by atoms with Gasteiger partial charge < -0.3 is 14.2 Å². The lowest BCUT2D eigenvalue weighted by molar-refractivity contribution is 0.135. The van der Waals surface area contributed by atoms with E-state index >= 15 is 0 Å². The van der Waals surface area contributed by atoms with Gasteiger partial charge in [0.15, 0.2) is 0 Å². The zero-order chi connectivity index (χ0) is 19.3. The number of benzene rings is 2. The van der Waals surface area contributed by atoms with Crippen LogP contribution in [-0.4, -0.2) is 25.3 Å². The smallest absolute Gasteiger partial charge is 0.106 e. The molecule has 0 amide bonds. The van der Waals surface area contributed by atoms with Crippen LogP contribution in [0.15, 0.2) is 42.5 Å². The fraction of sp³-hybridized carbons (Fsp3) is 0.375. The highest BCUT2D eigenvalue weighted by Crippen LogP contribution is 2.33. The van der Waals surface area contributed by atoms with Gasteiger partial charge in [-0.2, -0.15) is 0 Å². The maximum Gasteiger partial charge on any atom is 0.106 e. The molecule has 5 rings (SSSR count). The van der Waals surface area contributed by atoms with Gasteiger partial charge in [-0.1, -0.05) is 23.8 Å². The predicted octanol–water partition coefficient (Wildman–Crippen LogP) is 4.55. The van der Waals surface area contributed by atoms with Crippen molar-refractivity contribution in [1.29, 1.82) is 0 Å². The van der Waals surface area contributed by atoms with E-state index in [0.29, 0.717) is 13.1 Å². The first kappa shape index (κ1) is 17.5. The molecule has 4 aromatic rings. The summed E-state index contributed by atoms with van der Waals surface area (Å²) in [5.41, 5.74) is 7.59. The van der Waals surface area contributed by atoms with Crippen molar-refractivity contribution in [2.45, 2.75) is 58.7 Å². The van der Waals surface area contributed by atoms with Crippen LogP contribution in [0, 0.1) is 13.8 Å². The second kappa shape index (κ2) is 6.78. The van der Waals surface area contributed by atoms with Gasteiger partial charge in [-0.3, -0.25) is 0 Å². The summed E-state index contributed by atoms with van der Waals surface area (Å²) in [5.74, 6) is 0.954. The zero-order valence-corrected chi connectivity index (χ0v) is 16.7. The van der Waals surface area contributed by atoms with E-state index in [2.05, 4.69) is 45.3 Å². The number of hydrogen-bond acceptors (Lipinski definition) is 2. The van der Waals surface area contributed by atoms with Crippen molar-refractivity contribution in [3.8, 4) is 0 Å². The molecule has 2 aromatic heterocycles. The van der Waals surface area contributed by atoms with Gasteiger partial charge in [0.1, 0.15) is 5.82 Å². The van der Waals surface area contributed by atoms with Crippen LogP contribution < -0.4 is 0 Å². The normalized spacial score (nSPS) is 15.2. The summed E-state index contributed by atoms with van der Waals surface area (Å²) in [6, 6.07) is 14.9. The van der Waals surface area contributed by atoms with Gasteiger partial charge in [-0.05, 0) is 69.4 Å². The van der Waals surface area contributed by atoms with Crippen LogP contribution in [0.4, 0.5) is 0 Å². The van der Waals surface area contributed by atoms with E-state index in [1.165, 1.54) is 40.6 Å². The maximum absolute atomic E-state index is 11.0. The summed E-state index contributed by atoms with van der Waals surface area (Å²) in [7, 11) is 0. The van der Waals surface area contributed by atoms with Gasteiger partial charge in [-0.25, -0.2) is 4.98 Å². The molecule has 1 aliphatic carbocycles. The first-order valence-electron chi connectivity index (χ1n) is 10.3. The molecule has 0 unspecified atom stereocenters. The Morgan fingerprint density at radius 2 is 1.75 bits per heavy atom. The van der Waals surface area contributed by atoms with Gasteiger partial charge in [-0.15, -0.1) is 0 Å². The Morgan fingerprint density at radius 1 is 0.964 bits per heavy atom. The Labute approximate surface area is 165 Å². The third-order valence-electron chi connectivity index (χ3n) is 6.16. The minimum Gasteiger partial charge on any atom is -0.389 e. The van der Waals surface area contributed by atoms with Gasteiger partial charge in [0.05, 0.1) is 30.2 Å². The molecule has 28 heavy (non-hydrogen) atoms. The standard InChI is InChI=1S/C24H27N3O/c1-16-11-12-23-20(13-16)19-7-3-5-9-22(19)27(23)15-18(28)14-26-17(2)25-21-8-4-6-10-24(21)26/h4,6,8,10-13,18,28H,3,5,7,9,14-15H2,1-2H3/t18-/m1/s1. The van der Waals surface area contributed by atoms with Crippen molar-refractivity contribution in [3.05, 3.63) is 65.1 Å². The molecule has 1 atom stereocenters. The van der Waals surface area contributed by atoms with Crippen molar-refractivity contribution in [3.63, 3.8) is 0 Å². The minimum atomic E-state index is -0.459. The van der Waals surface area contributed by atoms with Crippen LogP contribution in [0.1, 0.15) is 35.5 Å². The lowest BCUT2D eigenvalue weighted by Crippen LogP contribution is -2.24. The number of aromatic nitrogens is 3. The molecule has 0 saturated heterocycles. The third kappa shape index (κ3) is 2.83. The fourth-order valence-electron chi connectivity index (χ4n) is 4.86. The molecule has 0 saturated carbocycles. The molecule has 2 heterocycles. The summed E-state index contributed by atoms with van der Waals surface area (Å²) < 4.78 is 4.52. The fourth-order valence-corrected chi connectivity index (χ4v) is 4.86. The minimum absolute atomic E-state index is 0.459. The molecule has 4 nitrogen and oxygen atoms in total. The maximum atomic E-state index is 11.0.